The molecule has 6 nitrogen and oxygen atoms in total. The first kappa shape index (κ1) is 23.3. The fraction of sp³-hybridized carbons (Fsp3) is 0.280. The molecule has 0 saturated heterocycles. The van der Waals surface area contributed by atoms with Crippen LogP contribution >= 0.6 is 11.3 Å². The normalized spacial score (nSPS) is 10.6. The van der Waals surface area contributed by atoms with E-state index in [0.29, 0.717) is 39.7 Å². The molecule has 0 radical (unpaired) electrons. The van der Waals surface area contributed by atoms with Crippen LogP contribution in [0.15, 0.2) is 47.8 Å². The molecule has 166 valence electrons. The zero-order chi connectivity index (χ0) is 23.1. The highest BCUT2D eigenvalue weighted by Crippen LogP contribution is 2.24. The molecular formula is C25H25NO5S. The highest BCUT2D eigenvalue weighted by molar-refractivity contribution is 7.09. The predicted molar refractivity (Wildman–Crippen MR) is 122 cm³/mol. The molecular weight excluding hydrogens is 426 g/mol. The van der Waals surface area contributed by atoms with E-state index in [1.165, 1.54) is 18.4 Å². The molecule has 1 aromatic heterocycles. The molecule has 7 heteroatoms. The van der Waals surface area contributed by atoms with Gasteiger partial charge in [0.25, 0.3) is 0 Å². The van der Waals surface area contributed by atoms with E-state index in [1.54, 1.807) is 42.6 Å². The minimum Gasteiger partial charge on any atom is -0.496 e. The summed E-state index contributed by atoms with van der Waals surface area (Å²) in [7, 11) is 1.52. The Hall–Kier alpha value is -3.32. The third-order valence-corrected chi connectivity index (χ3v) is 5.72. The van der Waals surface area contributed by atoms with Gasteiger partial charge < -0.3 is 9.47 Å². The Morgan fingerprint density at radius 3 is 2.53 bits per heavy atom. The van der Waals surface area contributed by atoms with Gasteiger partial charge in [-0.3, -0.25) is 14.4 Å². The number of rotatable bonds is 10. The van der Waals surface area contributed by atoms with Crippen molar-refractivity contribution < 1.29 is 23.9 Å². The van der Waals surface area contributed by atoms with Gasteiger partial charge >= 0.3 is 5.97 Å². The largest absolute Gasteiger partial charge is 0.496 e. The Balaban J connectivity index is 1.76. The molecule has 0 aliphatic rings. The second kappa shape index (κ2) is 10.8. The highest BCUT2D eigenvalue weighted by Gasteiger charge is 2.20. The molecule has 32 heavy (non-hydrogen) atoms. The molecule has 3 rings (SSSR count). The van der Waals surface area contributed by atoms with Crippen molar-refractivity contribution in [2.24, 2.45) is 0 Å². The van der Waals surface area contributed by atoms with Crippen molar-refractivity contribution in [1.29, 1.82) is 0 Å². The number of esters is 1. The molecule has 3 aromatic rings. The summed E-state index contributed by atoms with van der Waals surface area (Å²) in [5, 5.41) is 2.41. The SMILES string of the molecule is CCOC(=O)Cc1csc(CC(=O)Cc2cc(C)ccc2C(=O)c2ccccc2OC)n1. The fourth-order valence-electron chi connectivity index (χ4n) is 3.38. The van der Waals surface area contributed by atoms with Crippen molar-refractivity contribution in [1.82, 2.24) is 4.98 Å². The van der Waals surface area contributed by atoms with E-state index in [1.807, 2.05) is 19.1 Å². The second-order valence-corrected chi connectivity index (χ2v) is 8.24. The van der Waals surface area contributed by atoms with Crippen LogP contribution in [0.25, 0.3) is 0 Å². The first-order valence-corrected chi connectivity index (χ1v) is 11.2. The average Bonchev–Trinajstić information content (AvgIpc) is 3.19. The summed E-state index contributed by atoms with van der Waals surface area (Å²) in [5.41, 5.74) is 3.18. The topological polar surface area (TPSA) is 82.6 Å². The molecule has 0 amide bonds. The van der Waals surface area contributed by atoms with Gasteiger partial charge in [0.15, 0.2) is 5.78 Å². The smallest absolute Gasteiger partial charge is 0.311 e. The summed E-state index contributed by atoms with van der Waals surface area (Å²) in [5.74, 6) is -0.0832. The van der Waals surface area contributed by atoms with Gasteiger partial charge in [0.05, 0.1) is 37.8 Å². The van der Waals surface area contributed by atoms with E-state index >= 15 is 0 Å². The van der Waals surface area contributed by atoms with Crippen molar-refractivity contribution in [2.45, 2.75) is 33.1 Å². The van der Waals surface area contributed by atoms with Crippen LogP contribution < -0.4 is 4.74 Å². The number of hydrogen-bond acceptors (Lipinski definition) is 7. The van der Waals surface area contributed by atoms with Crippen LogP contribution in [-0.2, 0) is 33.6 Å². The van der Waals surface area contributed by atoms with Crippen LogP contribution in [0.1, 0.15) is 44.7 Å². The van der Waals surface area contributed by atoms with Crippen molar-refractivity contribution >= 4 is 28.9 Å². The van der Waals surface area contributed by atoms with Gasteiger partial charge in [0, 0.05) is 17.4 Å². The van der Waals surface area contributed by atoms with Gasteiger partial charge in [-0.05, 0) is 31.5 Å². The van der Waals surface area contributed by atoms with Crippen LogP contribution in [-0.4, -0.2) is 36.2 Å². The lowest BCUT2D eigenvalue weighted by Crippen LogP contribution is -2.13. The molecule has 0 N–H and O–H groups in total. The molecule has 0 saturated carbocycles. The molecule has 0 atom stereocenters. The van der Waals surface area contributed by atoms with Crippen molar-refractivity contribution in [3.05, 3.63) is 80.8 Å². The number of ether oxygens (including phenoxy) is 2. The number of nitrogens with zero attached hydrogens (tertiary/aromatic N) is 1. The highest BCUT2D eigenvalue weighted by atomic mass is 32.1. The Labute approximate surface area is 191 Å². The van der Waals surface area contributed by atoms with E-state index < -0.39 is 0 Å². The van der Waals surface area contributed by atoms with Gasteiger partial charge in [0.2, 0.25) is 0 Å². The van der Waals surface area contributed by atoms with Gasteiger partial charge in [0.1, 0.15) is 16.5 Å². The summed E-state index contributed by atoms with van der Waals surface area (Å²) in [6.45, 7) is 4.00. The molecule has 2 aromatic carbocycles. The van der Waals surface area contributed by atoms with E-state index in [0.717, 1.165) is 5.56 Å². The minimum atomic E-state index is -0.338. The summed E-state index contributed by atoms with van der Waals surface area (Å²) < 4.78 is 10.3. The van der Waals surface area contributed by atoms with Crippen molar-refractivity contribution in [3.63, 3.8) is 0 Å². The van der Waals surface area contributed by atoms with Crippen molar-refractivity contribution in [2.75, 3.05) is 13.7 Å². The monoisotopic (exact) mass is 451 g/mol. The lowest BCUT2D eigenvalue weighted by molar-refractivity contribution is -0.142. The quantitative estimate of drug-likeness (QED) is 0.340. The third kappa shape index (κ3) is 5.88. The van der Waals surface area contributed by atoms with E-state index in [9.17, 15) is 14.4 Å². The number of hydrogen-bond donors (Lipinski definition) is 0. The van der Waals surface area contributed by atoms with E-state index in [2.05, 4.69) is 4.98 Å². The third-order valence-electron chi connectivity index (χ3n) is 4.82. The van der Waals surface area contributed by atoms with Crippen LogP contribution in [0.3, 0.4) is 0 Å². The number of carbonyl (C=O) groups excluding carboxylic acids is 3. The second-order valence-electron chi connectivity index (χ2n) is 7.30. The Bertz CT molecular complexity index is 1130. The summed E-state index contributed by atoms with van der Waals surface area (Å²) in [6.07, 6.45) is 0.350. The number of para-hydroxylation sites is 1. The number of ketones is 2. The maximum Gasteiger partial charge on any atom is 0.311 e. The lowest BCUT2D eigenvalue weighted by atomic mass is 9.93. The molecule has 0 aliphatic carbocycles. The molecule has 0 spiro atoms. The Kier molecular flexibility index (Phi) is 7.89. The number of methoxy groups -OCH3 is 1. The number of benzene rings is 2. The minimum absolute atomic E-state index is 0.0540. The average molecular weight is 452 g/mol. The first-order valence-electron chi connectivity index (χ1n) is 10.3. The van der Waals surface area contributed by atoms with E-state index in [4.69, 9.17) is 9.47 Å². The summed E-state index contributed by atoms with van der Waals surface area (Å²) in [6, 6.07) is 12.5. The molecule has 0 bridgehead atoms. The van der Waals surface area contributed by atoms with Gasteiger partial charge in [-0.25, -0.2) is 4.98 Å². The number of Topliss-reactive ketones (excluding diaryl/α,β-unsaturated/α-hetero) is 1. The standard InChI is InChI=1S/C25H25NO5S/c1-4-31-24(28)13-18-15-32-23(26-18)14-19(27)12-17-11-16(2)9-10-20(17)25(29)21-7-5-6-8-22(21)30-3/h5-11,15H,4,12-14H2,1-3H3. The number of aromatic nitrogens is 1. The van der Waals surface area contributed by atoms with Crippen LogP contribution in [0.2, 0.25) is 0 Å². The number of aryl methyl sites for hydroxylation is 1. The zero-order valence-electron chi connectivity index (χ0n) is 18.3. The Morgan fingerprint density at radius 2 is 1.78 bits per heavy atom. The van der Waals surface area contributed by atoms with Gasteiger partial charge in [-0.15, -0.1) is 11.3 Å². The fourth-order valence-corrected chi connectivity index (χ4v) is 4.20. The summed E-state index contributed by atoms with van der Waals surface area (Å²) >= 11 is 1.34. The number of carbonyl (C=O) groups is 3. The maximum atomic E-state index is 13.2. The van der Waals surface area contributed by atoms with Crippen LogP contribution in [0.5, 0.6) is 5.75 Å². The zero-order valence-corrected chi connectivity index (χ0v) is 19.2. The molecule has 0 fully saturated rings. The van der Waals surface area contributed by atoms with Crippen LogP contribution in [0, 0.1) is 6.92 Å². The predicted octanol–water partition coefficient (Wildman–Crippen LogP) is 4.15. The number of thiazole rings is 1. The van der Waals surface area contributed by atoms with E-state index in [-0.39, 0.29) is 36.8 Å². The van der Waals surface area contributed by atoms with Gasteiger partial charge in [-0.1, -0.05) is 35.9 Å². The van der Waals surface area contributed by atoms with Crippen LogP contribution in [0.4, 0.5) is 0 Å². The molecule has 1 heterocycles. The molecule has 0 aliphatic heterocycles. The first-order chi connectivity index (χ1) is 15.4. The Morgan fingerprint density at radius 1 is 1.00 bits per heavy atom. The maximum absolute atomic E-state index is 13.2. The van der Waals surface area contributed by atoms with Crippen molar-refractivity contribution in [3.8, 4) is 5.75 Å². The lowest BCUT2D eigenvalue weighted by Gasteiger charge is -2.12. The molecule has 0 unspecified atom stereocenters. The van der Waals surface area contributed by atoms with Gasteiger partial charge in [-0.2, -0.15) is 0 Å². The summed E-state index contributed by atoms with van der Waals surface area (Å²) in [4.78, 5) is 42.0.